The first-order chi connectivity index (χ1) is 9.48. The van der Waals surface area contributed by atoms with E-state index in [-0.39, 0.29) is 5.69 Å². The van der Waals surface area contributed by atoms with Crippen molar-refractivity contribution in [3.63, 3.8) is 0 Å². The molecule has 2 rings (SSSR count). The van der Waals surface area contributed by atoms with Gasteiger partial charge in [-0.15, -0.1) is 0 Å². The molecule has 20 heavy (non-hydrogen) atoms. The van der Waals surface area contributed by atoms with E-state index in [0.29, 0.717) is 25.0 Å². The number of halogens is 3. The van der Waals surface area contributed by atoms with Crippen molar-refractivity contribution in [3.05, 3.63) is 29.6 Å². The Morgan fingerprint density at radius 3 is 2.20 bits per heavy atom. The normalized spacial score (nSPS) is 17.3. The van der Waals surface area contributed by atoms with Gasteiger partial charge < -0.3 is 5.32 Å². The highest BCUT2D eigenvalue weighted by molar-refractivity contribution is 5.97. The van der Waals surface area contributed by atoms with Crippen molar-refractivity contribution in [2.75, 3.05) is 5.32 Å². The maximum Gasteiger partial charge on any atom is 0.244 e. The lowest BCUT2D eigenvalue weighted by atomic mass is 9.74. The number of benzene rings is 1. The number of nitrogens with zero attached hydrogens (tertiary/aromatic N) is 1. The average Bonchev–Trinajstić information content (AvgIpc) is 2.45. The van der Waals surface area contributed by atoms with Crippen LogP contribution in [0.15, 0.2) is 12.1 Å². The van der Waals surface area contributed by atoms with Crippen molar-refractivity contribution in [3.8, 4) is 6.07 Å². The van der Waals surface area contributed by atoms with Crippen molar-refractivity contribution < 1.29 is 18.0 Å². The molecule has 1 aromatic carbocycles. The molecule has 1 aliphatic carbocycles. The van der Waals surface area contributed by atoms with Gasteiger partial charge in [0.15, 0.2) is 17.5 Å². The third kappa shape index (κ3) is 2.62. The molecule has 1 aliphatic rings. The van der Waals surface area contributed by atoms with E-state index in [1.165, 1.54) is 0 Å². The van der Waals surface area contributed by atoms with Gasteiger partial charge in [-0.25, -0.2) is 13.2 Å². The van der Waals surface area contributed by atoms with Crippen LogP contribution >= 0.6 is 0 Å². The molecular formula is C14H13F3N2O. The van der Waals surface area contributed by atoms with Gasteiger partial charge in [-0.2, -0.15) is 5.26 Å². The van der Waals surface area contributed by atoms with Crippen LogP contribution in [0, 0.1) is 34.2 Å². The number of hydrogen-bond donors (Lipinski definition) is 1. The minimum Gasteiger partial charge on any atom is -0.324 e. The molecule has 0 unspecified atom stereocenters. The van der Waals surface area contributed by atoms with E-state index in [0.717, 1.165) is 19.3 Å². The molecule has 6 heteroatoms. The molecule has 0 radical (unpaired) electrons. The Balaban J connectivity index is 2.21. The zero-order valence-electron chi connectivity index (χ0n) is 10.7. The largest absolute Gasteiger partial charge is 0.324 e. The highest BCUT2D eigenvalue weighted by atomic mass is 19.2. The van der Waals surface area contributed by atoms with Crippen LogP contribution < -0.4 is 5.32 Å². The predicted molar refractivity (Wildman–Crippen MR) is 66.1 cm³/mol. The lowest BCUT2D eigenvalue weighted by Gasteiger charge is -2.29. The molecule has 1 aromatic rings. The first-order valence-corrected chi connectivity index (χ1v) is 6.36. The van der Waals surface area contributed by atoms with E-state index >= 15 is 0 Å². The van der Waals surface area contributed by atoms with Crippen LogP contribution in [0.5, 0.6) is 0 Å². The quantitative estimate of drug-likeness (QED) is 0.844. The average molecular weight is 282 g/mol. The van der Waals surface area contributed by atoms with Crippen LogP contribution in [-0.2, 0) is 4.79 Å². The number of hydrogen-bond acceptors (Lipinski definition) is 2. The van der Waals surface area contributed by atoms with Gasteiger partial charge in [-0.3, -0.25) is 4.79 Å². The van der Waals surface area contributed by atoms with Gasteiger partial charge in [0.05, 0.1) is 6.07 Å². The second-order valence-electron chi connectivity index (χ2n) is 4.96. The summed E-state index contributed by atoms with van der Waals surface area (Å²) in [4.78, 5) is 12.2. The number of nitriles is 1. The Labute approximate surface area is 114 Å². The Hall–Kier alpha value is -2.03. The smallest absolute Gasteiger partial charge is 0.244 e. The fourth-order valence-corrected chi connectivity index (χ4v) is 2.42. The molecule has 106 valence electrons. The number of nitrogens with one attached hydrogen (secondary N) is 1. The van der Waals surface area contributed by atoms with Crippen LogP contribution in [0.25, 0.3) is 0 Å². The molecule has 0 atom stereocenters. The highest BCUT2D eigenvalue weighted by Crippen LogP contribution is 2.36. The molecule has 0 bridgehead atoms. The van der Waals surface area contributed by atoms with Crippen LogP contribution in [0.3, 0.4) is 0 Å². The summed E-state index contributed by atoms with van der Waals surface area (Å²) in [5, 5.41) is 11.5. The minimum absolute atomic E-state index is 0.188. The van der Waals surface area contributed by atoms with Crippen LogP contribution in [0.4, 0.5) is 18.9 Å². The predicted octanol–water partition coefficient (Wildman–Crippen LogP) is 3.52. The van der Waals surface area contributed by atoms with Crippen LogP contribution in [-0.4, -0.2) is 5.91 Å². The molecule has 1 fully saturated rings. The third-order valence-electron chi connectivity index (χ3n) is 3.60. The van der Waals surface area contributed by atoms with Gasteiger partial charge in [0.25, 0.3) is 0 Å². The van der Waals surface area contributed by atoms with Crippen molar-refractivity contribution in [2.45, 2.75) is 32.1 Å². The van der Waals surface area contributed by atoms with Gasteiger partial charge in [-0.1, -0.05) is 19.3 Å². The van der Waals surface area contributed by atoms with Gasteiger partial charge >= 0.3 is 0 Å². The molecule has 0 saturated heterocycles. The van der Waals surface area contributed by atoms with Gasteiger partial charge in [0.2, 0.25) is 5.91 Å². The van der Waals surface area contributed by atoms with E-state index < -0.39 is 28.8 Å². The van der Waals surface area contributed by atoms with E-state index in [9.17, 15) is 23.2 Å². The van der Waals surface area contributed by atoms with Gasteiger partial charge in [-0.05, 0) is 12.8 Å². The number of rotatable bonds is 2. The molecule has 1 saturated carbocycles. The van der Waals surface area contributed by atoms with E-state index in [4.69, 9.17) is 0 Å². The van der Waals surface area contributed by atoms with Gasteiger partial charge in [0.1, 0.15) is 5.41 Å². The monoisotopic (exact) mass is 282 g/mol. The number of amides is 1. The fourth-order valence-electron chi connectivity index (χ4n) is 2.42. The minimum atomic E-state index is -1.59. The lowest BCUT2D eigenvalue weighted by molar-refractivity contribution is -0.124. The van der Waals surface area contributed by atoms with Crippen molar-refractivity contribution >= 4 is 11.6 Å². The zero-order valence-corrected chi connectivity index (χ0v) is 10.7. The standard InChI is InChI=1S/C14H13F3N2O/c15-10-6-9(7-11(16)12(10)17)19-13(20)14(8-18)4-2-1-3-5-14/h6-7H,1-5H2,(H,19,20). The lowest BCUT2D eigenvalue weighted by Crippen LogP contribution is -2.36. The van der Waals surface area contributed by atoms with Crippen LogP contribution in [0.1, 0.15) is 32.1 Å². The summed E-state index contributed by atoms with van der Waals surface area (Å²) in [5.41, 5.74) is -1.36. The molecule has 1 N–H and O–H groups in total. The van der Waals surface area contributed by atoms with E-state index in [1.54, 1.807) is 0 Å². The Morgan fingerprint density at radius 2 is 1.70 bits per heavy atom. The summed E-state index contributed by atoms with van der Waals surface area (Å²) >= 11 is 0. The van der Waals surface area contributed by atoms with E-state index in [1.807, 2.05) is 6.07 Å². The Kier molecular flexibility index (Phi) is 3.98. The van der Waals surface area contributed by atoms with Gasteiger partial charge in [0, 0.05) is 17.8 Å². The third-order valence-corrected chi connectivity index (χ3v) is 3.60. The summed E-state index contributed by atoms with van der Waals surface area (Å²) in [7, 11) is 0. The maximum atomic E-state index is 13.1. The highest BCUT2D eigenvalue weighted by Gasteiger charge is 2.39. The number of carbonyl (C=O) groups is 1. The van der Waals surface area contributed by atoms with Crippen LogP contribution in [0.2, 0.25) is 0 Å². The SMILES string of the molecule is N#CC1(C(=O)Nc2cc(F)c(F)c(F)c2)CCCCC1. The van der Waals surface area contributed by atoms with Crippen molar-refractivity contribution in [2.24, 2.45) is 5.41 Å². The van der Waals surface area contributed by atoms with Crippen molar-refractivity contribution in [1.82, 2.24) is 0 Å². The second-order valence-corrected chi connectivity index (χ2v) is 4.96. The molecule has 0 heterocycles. The number of anilines is 1. The summed E-state index contributed by atoms with van der Waals surface area (Å²) < 4.78 is 39.0. The topological polar surface area (TPSA) is 52.9 Å². The Bertz CT molecular complexity index is 551. The molecular weight excluding hydrogens is 269 g/mol. The maximum absolute atomic E-state index is 13.1. The molecule has 3 nitrogen and oxygen atoms in total. The molecule has 0 aromatic heterocycles. The summed E-state index contributed by atoms with van der Waals surface area (Å²) in [6, 6.07) is 3.40. The summed E-state index contributed by atoms with van der Waals surface area (Å²) in [6.07, 6.45) is 3.31. The molecule has 0 aliphatic heterocycles. The molecule has 1 amide bonds. The fraction of sp³-hybridized carbons (Fsp3) is 0.429. The first kappa shape index (κ1) is 14.4. The first-order valence-electron chi connectivity index (χ1n) is 6.36. The van der Waals surface area contributed by atoms with Crippen molar-refractivity contribution in [1.29, 1.82) is 5.26 Å². The second kappa shape index (κ2) is 5.53. The summed E-state index contributed by atoms with van der Waals surface area (Å²) in [5.74, 6) is -4.94. The molecule has 0 spiro atoms. The Morgan fingerprint density at radius 1 is 1.15 bits per heavy atom. The number of carbonyl (C=O) groups excluding carboxylic acids is 1. The van der Waals surface area contributed by atoms with E-state index in [2.05, 4.69) is 5.32 Å². The summed E-state index contributed by atoms with van der Waals surface area (Å²) in [6.45, 7) is 0. The zero-order chi connectivity index (χ0) is 14.8.